The molecule has 0 radical (unpaired) electrons. The highest BCUT2D eigenvalue weighted by Gasteiger charge is 2.59. The molecule has 2 amide bonds. The van der Waals surface area contributed by atoms with Crippen LogP contribution in [0.15, 0.2) is 11.6 Å². The summed E-state index contributed by atoms with van der Waals surface area (Å²) in [5.74, 6) is 4.31. The highest BCUT2D eigenvalue weighted by Crippen LogP contribution is 2.67. The molecule has 5 nitrogen and oxygen atoms in total. The molecular formula is C32H52N2O3. The van der Waals surface area contributed by atoms with Gasteiger partial charge in [0.2, 0.25) is 11.8 Å². The summed E-state index contributed by atoms with van der Waals surface area (Å²) in [5.41, 5.74) is 2.31. The van der Waals surface area contributed by atoms with Crippen molar-refractivity contribution in [2.24, 2.45) is 46.3 Å². The number of hydrogen-bond donors (Lipinski definition) is 1. The Labute approximate surface area is 225 Å². The van der Waals surface area contributed by atoms with Crippen molar-refractivity contribution in [3.05, 3.63) is 11.6 Å². The van der Waals surface area contributed by atoms with Crippen LogP contribution >= 0.6 is 0 Å². The molecule has 0 aromatic rings. The molecule has 1 aliphatic heterocycles. The molecule has 8 atom stereocenters. The number of hydrogen-bond acceptors (Lipinski definition) is 3. The van der Waals surface area contributed by atoms with Gasteiger partial charge in [0.1, 0.15) is 0 Å². The van der Waals surface area contributed by atoms with E-state index in [1.165, 1.54) is 38.5 Å². The maximum atomic E-state index is 13.1. The maximum absolute atomic E-state index is 13.1. The van der Waals surface area contributed by atoms with Crippen LogP contribution in [0.3, 0.4) is 0 Å². The Morgan fingerprint density at radius 1 is 1.08 bits per heavy atom. The lowest BCUT2D eigenvalue weighted by atomic mass is 9.47. The van der Waals surface area contributed by atoms with E-state index in [1.54, 1.807) is 12.5 Å². The average molecular weight is 513 g/mol. The van der Waals surface area contributed by atoms with Gasteiger partial charge < -0.3 is 14.9 Å². The Hall–Kier alpha value is -1.36. The maximum Gasteiger partial charge on any atom is 0.225 e. The van der Waals surface area contributed by atoms with E-state index in [-0.39, 0.29) is 23.8 Å². The summed E-state index contributed by atoms with van der Waals surface area (Å²) in [6, 6.07) is 0. The Kier molecular flexibility index (Phi) is 7.59. The van der Waals surface area contributed by atoms with E-state index < -0.39 is 0 Å². The summed E-state index contributed by atoms with van der Waals surface area (Å²) in [5, 5.41) is 10.3. The van der Waals surface area contributed by atoms with E-state index in [0.29, 0.717) is 16.7 Å². The summed E-state index contributed by atoms with van der Waals surface area (Å²) < 4.78 is 0. The van der Waals surface area contributed by atoms with Crippen molar-refractivity contribution in [2.75, 3.05) is 26.7 Å². The molecule has 0 aromatic heterocycles. The predicted molar refractivity (Wildman–Crippen MR) is 148 cm³/mol. The zero-order valence-corrected chi connectivity index (χ0v) is 24.2. The molecule has 5 heteroatoms. The Balaban J connectivity index is 1.18. The molecule has 0 spiro atoms. The molecule has 0 unspecified atom stereocenters. The summed E-state index contributed by atoms with van der Waals surface area (Å²) in [7, 11) is 1.99. The fourth-order valence-corrected chi connectivity index (χ4v) is 10.1. The third-order valence-electron chi connectivity index (χ3n) is 12.4. The van der Waals surface area contributed by atoms with Crippen LogP contribution in [0, 0.1) is 46.3 Å². The van der Waals surface area contributed by atoms with Crippen molar-refractivity contribution >= 4 is 11.8 Å². The second-order valence-electron chi connectivity index (χ2n) is 14.2. The Morgan fingerprint density at radius 3 is 2.51 bits per heavy atom. The smallest absolute Gasteiger partial charge is 0.225 e. The second-order valence-corrected chi connectivity index (χ2v) is 14.2. The zero-order valence-electron chi connectivity index (χ0n) is 24.2. The number of aliphatic hydroxyl groups is 1. The summed E-state index contributed by atoms with van der Waals surface area (Å²) in [6.07, 6.45) is 14.8. The van der Waals surface area contributed by atoms with Crippen molar-refractivity contribution in [3.63, 3.8) is 0 Å². The highest BCUT2D eigenvalue weighted by atomic mass is 16.3. The molecule has 37 heavy (non-hydrogen) atoms. The quantitative estimate of drug-likeness (QED) is 0.483. The van der Waals surface area contributed by atoms with Gasteiger partial charge in [0.25, 0.3) is 0 Å². The van der Waals surface area contributed by atoms with Gasteiger partial charge in [-0.3, -0.25) is 9.59 Å². The number of likely N-dealkylation sites (tertiary alicyclic amines) is 1. The molecule has 4 aliphatic carbocycles. The molecule has 0 bridgehead atoms. The van der Waals surface area contributed by atoms with Crippen molar-refractivity contribution in [1.82, 2.24) is 9.80 Å². The van der Waals surface area contributed by atoms with E-state index in [2.05, 4.69) is 26.8 Å². The monoisotopic (exact) mass is 512 g/mol. The van der Waals surface area contributed by atoms with Crippen LogP contribution in [0.1, 0.15) is 98.3 Å². The first-order chi connectivity index (χ1) is 17.5. The standard InChI is InChI=1S/C32H52N2O3/c1-21(12-17-33(5)30(37)23-13-18-34(19-14-23)22(2)35)27-8-9-28-26-7-6-24-20-25(36)10-15-31(24,3)29(26)11-16-32(27,28)4/h6,21,23,25-29,36H,7-20H2,1-5H3/t21-,25+,26+,27-,28+,29+,31+,32-/m1/s1. The summed E-state index contributed by atoms with van der Waals surface area (Å²) in [6.45, 7) is 11.5. The number of nitrogens with zero attached hydrogens (tertiary/aromatic N) is 2. The summed E-state index contributed by atoms with van der Waals surface area (Å²) in [4.78, 5) is 28.6. The molecule has 4 fully saturated rings. The molecular weight excluding hydrogens is 460 g/mol. The van der Waals surface area contributed by atoms with Gasteiger partial charge in [0.15, 0.2) is 0 Å². The number of carbonyl (C=O) groups is 2. The van der Waals surface area contributed by atoms with Gasteiger partial charge in [-0.25, -0.2) is 0 Å². The van der Waals surface area contributed by atoms with Crippen LogP contribution in [0.25, 0.3) is 0 Å². The van der Waals surface area contributed by atoms with Gasteiger partial charge in [0, 0.05) is 39.5 Å². The largest absolute Gasteiger partial charge is 0.393 e. The number of carbonyl (C=O) groups excluding carboxylic acids is 2. The molecule has 5 aliphatic rings. The first-order valence-corrected chi connectivity index (χ1v) is 15.4. The lowest BCUT2D eigenvalue weighted by Gasteiger charge is -2.58. The van der Waals surface area contributed by atoms with Crippen molar-refractivity contribution in [3.8, 4) is 0 Å². The molecule has 1 N–H and O–H groups in total. The van der Waals surface area contributed by atoms with Crippen LogP contribution in [0.5, 0.6) is 0 Å². The van der Waals surface area contributed by atoms with Gasteiger partial charge >= 0.3 is 0 Å². The van der Waals surface area contributed by atoms with Gasteiger partial charge in [-0.2, -0.15) is 0 Å². The first kappa shape index (κ1) is 27.2. The molecule has 5 rings (SSSR count). The normalized spacial score (nSPS) is 40.8. The summed E-state index contributed by atoms with van der Waals surface area (Å²) >= 11 is 0. The number of fused-ring (bicyclic) bond motifs is 5. The minimum Gasteiger partial charge on any atom is -0.393 e. The van der Waals surface area contributed by atoms with Crippen LogP contribution < -0.4 is 0 Å². The van der Waals surface area contributed by atoms with Crippen LogP contribution in [0.2, 0.25) is 0 Å². The minimum atomic E-state index is -0.125. The van der Waals surface area contributed by atoms with E-state index >= 15 is 0 Å². The third kappa shape index (κ3) is 4.80. The molecule has 3 saturated carbocycles. The number of amides is 2. The van der Waals surface area contributed by atoms with E-state index in [1.807, 2.05) is 16.8 Å². The lowest BCUT2D eigenvalue weighted by molar-refractivity contribution is -0.139. The minimum absolute atomic E-state index is 0.0751. The second kappa shape index (κ2) is 10.3. The fraction of sp³-hybridized carbons (Fsp3) is 0.875. The molecule has 208 valence electrons. The average Bonchev–Trinajstić information content (AvgIpc) is 3.24. The van der Waals surface area contributed by atoms with E-state index in [0.717, 1.165) is 75.4 Å². The van der Waals surface area contributed by atoms with Gasteiger partial charge in [0.05, 0.1) is 6.10 Å². The van der Waals surface area contributed by atoms with Crippen molar-refractivity contribution < 1.29 is 14.7 Å². The Morgan fingerprint density at radius 2 is 1.81 bits per heavy atom. The van der Waals surface area contributed by atoms with Crippen LogP contribution in [0.4, 0.5) is 0 Å². The molecule has 1 heterocycles. The number of aliphatic hydroxyl groups excluding tert-OH is 1. The third-order valence-corrected chi connectivity index (χ3v) is 12.4. The van der Waals surface area contributed by atoms with E-state index in [9.17, 15) is 14.7 Å². The van der Waals surface area contributed by atoms with Gasteiger partial charge in [-0.05, 0) is 111 Å². The number of piperidine rings is 1. The molecule has 1 saturated heterocycles. The van der Waals surface area contributed by atoms with Gasteiger partial charge in [-0.15, -0.1) is 0 Å². The highest BCUT2D eigenvalue weighted by molar-refractivity contribution is 5.79. The Bertz CT molecular complexity index is 908. The van der Waals surface area contributed by atoms with Crippen molar-refractivity contribution in [2.45, 2.75) is 104 Å². The predicted octanol–water partition coefficient (Wildman–Crippen LogP) is 5.67. The van der Waals surface area contributed by atoms with Crippen LogP contribution in [-0.2, 0) is 9.59 Å². The van der Waals surface area contributed by atoms with Gasteiger partial charge in [-0.1, -0.05) is 32.4 Å². The topological polar surface area (TPSA) is 60.9 Å². The van der Waals surface area contributed by atoms with E-state index in [4.69, 9.17) is 0 Å². The molecule has 0 aromatic carbocycles. The fourth-order valence-electron chi connectivity index (χ4n) is 10.1. The number of rotatable bonds is 5. The van der Waals surface area contributed by atoms with Crippen LogP contribution in [-0.4, -0.2) is 59.5 Å². The number of allylic oxidation sites excluding steroid dienone is 1. The van der Waals surface area contributed by atoms with Crippen molar-refractivity contribution in [1.29, 1.82) is 0 Å². The zero-order chi connectivity index (χ0) is 26.5. The SMILES string of the molecule is CC(=O)N1CCC(C(=O)N(C)CC[C@@H](C)[C@H]2CC[C@H]3[C@@H]4CC=C5C[C@@H](O)CC[C@]5(C)[C@H]4CC[C@]23C)CC1. The first-order valence-electron chi connectivity index (χ1n) is 15.4. The lowest BCUT2D eigenvalue weighted by Crippen LogP contribution is -2.51.